The molecule has 1 rings (SSSR count). The van der Waals surface area contributed by atoms with Crippen LogP contribution < -0.4 is 10.6 Å². The van der Waals surface area contributed by atoms with Crippen molar-refractivity contribution in [3.8, 4) is 0 Å². The van der Waals surface area contributed by atoms with Gasteiger partial charge in [0.15, 0.2) is 0 Å². The summed E-state index contributed by atoms with van der Waals surface area (Å²) in [4.78, 5) is 35.0. The van der Waals surface area contributed by atoms with Gasteiger partial charge in [-0.25, -0.2) is 9.59 Å². The van der Waals surface area contributed by atoms with Gasteiger partial charge in [-0.05, 0) is 40.5 Å². The van der Waals surface area contributed by atoms with Crippen LogP contribution in [0.3, 0.4) is 0 Å². The van der Waals surface area contributed by atoms with Crippen LogP contribution in [0.15, 0.2) is 12.2 Å². The quantitative estimate of drug-likeness (QED) is 0.570. The van der Waals surface area contributed by atoms with Gasteiger partial charge in [0.05, 0.1) is 12.6 Å². The Labute approximate surface area is 136 Å². The molecule has 2 atom stereocenters. The molecule has 130 valence electrons. The molecule has 2 amide bonds. The SMILES string of the molecule is CCOC(=O)C=C[C@H](C[C@@H]1CCNC1=O)NC(=O)OC(C)(C)C. The van der Waals surface area contributed by atoms with Crippen molar-refractivity contribution in [2.24, 2.45) is 5.92 Å². The lowest BCUT2D eigenvalue weighted by Crippen LogP contribution is -2.40. The Balaban J connectivity index is 2.69. The maximum Gasteiger partial charge on any atom is 0.408 e. The van der Waals surface area contributed by atoms with Crippen LogP contribution in [0.5, 0.6) is 0 Å². The smallest absolute Gasteiger partial charge is 0.408 e. The summed E-state index contributed by atoms with van der Waals surface area (Å²) in [7, 11) is 0. The number of hydrogen-bond donors (Lipinski definition) is 2. The maximum atomic E-state index is 11.9. The molecular formula is C16H26N2O5. The fraction of sp³-hybridized carbons (Fsp3) is 0.688. The van der Waals surface area contributed by atoms with Gasteiger partial charge >= 0.3 is 12.1 Å². The van der Waals surface area contributed by atoms with Crippen LogP contribution in [0.25, 0.3) is 0 Å². The molecule has 0 aromatic heterocycles. The van der Waals surface area contributed by atoms with Gasteiger partial charge in [-0.3, -0.25) is 4.79 Å². The van der Waals surface area contributed by atoms with Crippen molar-refractivity contribution in [1.29, 1.82) is 0 Å². The molecule has 7 nitrogen and oxygen atoms in total. The van der Waals surface area contributed by atoms with E-state index in [2.05, 4.69) is 10.6 Å². The van der Waals surface area contributed by atoms with E-state index in [1.54, 1.807) is 27.7 Å². The minimum absolute atomic E-state index is 0.0366. The molecule has 0 unspecified atom stereocenters. The summed E-state index contributed by atoms with van der Waals surface area (Å²) in [6.45, 7) is 7.91. The number of rotatable bonds is 6. The molecule has 0 aliphatic carbocycles. The van der Waals surface area contributed by atoms with E-state index in [4.69, 9.17) is 9.47 Å². The Bertz CT molecular complexity index is 468. The molecule has 0 bridgehead atoms. The third-order valence-corrected chi connectivity index (χ3v) is 3.15. The van der Waals surface area contributed by atoms with Crippen molar-refractivity contribution in [3.63, 3.8) is 0 Å². The lowest BCUT2D eigenvalue weighted by molar-refractivity contribution is -0.137. The molecule has 1 saturated heterocycles. The summed E-state index contributed by atoms with van der Waals surface area (Å²) < 4.78 is 10.0. The number of alkyl carbamates (subject to hydrolysis) is 1. The van der Waals surface area contributed by atoms with Crippen LogP contribution in [0.4, 0.5) is 4.79 Å². The number of amides is 2. The van der Waals surface area contributed by atoms with E-state index < -0.39 is 23.7 Å². The van der Waals surface area contributed by atoms with Crippen LogP contribution >= 0.6 is 0 Å². The number of esters is 1. The first-order chi connectivity index (χ1) is 10.7. The van der Waals surface area contributed by atoms with Crippen LogP contribution in [-0.2, 0) is 19.1 Å². The summed E-state index contributed by atoms with van der Waals surface area (Å²) in [6.07, 6.45) is 3.32. The molecule has 0 radical (unpaired) electrons. The van der Waals surface area contributed by atoms with Gasteiger partial charge < -0.3 is 20.1 Å². The second-order valence-corrected chi connectivity index (χ2v) is 6.38. The Morgan fingerprint density at radius 1 is 1.43 bits per heavy atom. The number of ether oxygens (including phenoxy) is 2. The first-order valence-corrected chi connectivity index (χ1v) is 7.83. The van der Waals surface area contributed by atoms with Crippen molar-refractivity contribution < 1.29 is 23.9 Å². The molecule has 0 aromatic carbocycles. The summed E-state index contributed by atoms with van der Waals surface area (Å²) in [5, 5.41) is 5.44. The van der Waals surface area contributed by atoms with E-state index in [9.17, 15) is 14.4 Å². The molecule has 1 fully saturated rings. The summed E-state index contributed by atoms with van der Waals surface area (Å²) in [6, 6.07) is -0.483. The summed E-state index contributed by atoms with van der Waals surface area (Å²) in [5.74, 6) is -0.716. The van der Waals surface area contributed by atoms with Crippen molar-refractivity contribution in [3.05, 3.63) is 12.2 Å². The van der Waals surface area contributed by atoms with Gasteiger partial charge in [0.1, 0.15) is 5.60 Å². The highest BCUT2D eigenvalue weighted by Crippen LogP contribution is 2.17. The highest BCUT2D eigenvalue weighted by Gasteiger charge is 2.28. The van der Waals surface area contributed by atoms with Gasteiger partial charge in [-0.2, -0.15) is 0 Å². The minimum Gasteiger partial charge on any atom is -0.463 e. The average molecular weight is 326 g/mol. The van der Waals surface area contributed by atoms with E-state index in [1.165, 1.54) is 12.2 Å². The van der Waals surface area contributed by atoms with Gasteiger partial charge in [0.2, 0.25) is 5.91 Å². The first kappa shape index (κ1) is 19.0. The fourth-order valence-corrected chi connectivity index (χ4v) is 2.21. The predicted molar refractivity (Wildman–Crippen MR) is 84.7 cm³/mol. The van der Waals surface area contributed by atoms with Crippen LogP contribution in [0.2, 0.25) is 0 Å². The second kappa shape index (κ2) is 8.55. The molecule has 1 heterocycles. The molecule has 1 aliphatic rings. The Kier molecular flexibility index (Phi) is 7.06. The van der Waals surface area contributed by atoms with Crippen molar-refractivity contribution in [1.82, 2.24) is 10.6 Å². The van der Waals surface area contributed by atoms with E-state index in [0.717, 1.165) is 0 Å². The zero-order valence-electron chi connectivity index (χ0n) is 14.2. The molecule has 0 spiro atoms. The summed E-state index contributed by atoms with van der Waals surface area (Å²) >= 11 is 0. The lowest BCUT2D eigenvalue weighted by atomic mass is 9.98. The molecular weight excluding hydrogens is 300 g/mol. The van der Waals surface area contributed by atoms with Gasteiger partial charge in [-0.1, -0.05) is 6.08 Å². The fourth-order valence-electron chi connectivity index (χ4n) is 2.21. The van der Waals surface area contributed by atoms with E-state index in [0.29, 0.717) is 19.4 Å². The van der Waals surface area contributed by atoms with Gasteiger partial charge in [-0.15, -0.1) is 0 Å². The zero-order valence-corrected chi connectivity index (χ0v) is 14.2. The third kappa shape index (κ3) is 7.67. The normalized spacial score (nSPS) is 19.3. The number of carbonyl (C=O) groups excluding carboxylic acids is 3. The van der Waals surface area contributed by atoms with Gasteiger partial charge in [0, 0.05) is 18.5 Å². The van der Waals surface area contributed by atoms with Crippen molar-refractivity contribution >= 4 is 18.0 Å². The van der Waals surface area contributed by atoms with Crippen molar-refractivity contribution in [2.45, 2.75) is 52.2 Å². The molecule has 0 saturated carbocycles. The first-order valence-electron chi connectivity index (χ1n) is 7.83. The summed E-state index contributed by atoms with van der Waals surface area (Å²) in [5.41, 5.74) is -0.621. The molecule has 23 heavy (non-hydrogen) atoms. The molecule has 2 N–H and O–H groups in total. The Hall–Kier alpha value is -2.05. The van der Waals surface area contributed by atoms with E-state index in [1.807, 2.05) is 0 Å². The number of carbonyl (C=O) groups is 3. The highest BCUT2D eigenvalue weighted by molar-refractivity contribution is 5.82. The van der Waals surface area contributed by atoms with E-state index >= 15 is 0 Å². The van der Waals surface area contributed by atoms with Gasteiger partial charge in [0.25, 0.3) is 0 Å². The molecule has 1 aliphatic heterocycles. The average Bonchev–Trinajstić information content (AvgIpc) is 2.79. The van der Waals surface area contributed by atoms with Crippen LogP contribution in [0, 0.1) is 5.92 Å². The number of hydrogen-bond acceptors (Lipinski definition) is 5. The Morgan fingerprint density at radius 2 is 2.13 bits per heavy atom. The van der Waals surface area contributed by atoms with Crippen molar-refractivity contribution in [2.75, 3.05) is 13.2 Å². The zero-order chi connectivity index (χ0) is 17.5. The Morgan fingerprint density at radius 3 is 2.65 bits per heavy atom. The van der Waals surface area contributed by atoms with E-state index in [-0.39, 0.29) is 18.4 Å². The highest BCUT2D eigenvalue weighted by atomic mass is 16.6. The topological polar surface area (TPSA) is 93.7 Å². The predicted octanol–water partition coefficient (Wildman–Crippen LogP) is 1.53. The standard InChI is InChI=1S/C16H26N2O5/c1-5-22-13(19)7-6-12(10-11-8-9-17-14(11)20)18-15(21)23-16(2,3)4/h6-7,11-12H,5,8-10H2,1-4H3,(H,17,20)(H,18,21)/t11-,12+/m0/s1. The largest absolute Gasteiger partial charge is 0.463 e. The maximum absolute atomic E-state index is 11.9. The van der Waals surface area contributed by atoms with Crippen LogP contribution in [0.1, 0.15) is 40.5 Å². The minimum atomic E-state index is -0.621. The lowest BCUT2D eigenvalue weighted by Gasteiger charge is -2.23. The molecule has 7 heteroatoms. The number of nitrogens with one attached hydrogen (secondary N) is 2. The third-order valence-electron chi connectivity index (χ3n) is 3.15. The van der Waals surface area contributed by atoms with Crippen LogP contribution in [-0.4, -0.2) is 42.8 Å². The molecule has 0 aromatic rings. The second-order valence-electron chi connectivity index (χ2n) is 6.38. The monoisotopic (exact) mass is 326 g/mol.